The molecule has 1 aromatic heterocycles. The van der Waals surface area contributed by atoms with Crippen molar-refractivity contribution in [2.24, 2.45) is 0 Å². The normalized spacial score (nSPS) is 10.5. The van der Waals surface area contributed by atoms with Gasteiger partial charge in [0.05, 0.1) is 6.20 Å². The summed E-state index contributed by atoms with van der Waals surface area (Å²) in [7, 11) is 0. The van der Waals surface area contributed by atoms with Crippen LogP contribution in [0.5, 0.6) is 0 Å². The van der Waals surface area contributed by atoms with E-state index in [9.17, 15) is 4.39 Å². The fourth-order valence-corrected chi connectivity index (χ4v) is 2.19. The van der Waals surface area contributed by atoms with Crippen LogP contribution in [0, 0.1) is 5.82 Å². The van der Waals surface area contributed by atoms with Crippen molar-refractivity contribution in [2.45, 2.75) is 33.2 Å². The van der Waals surface area contributed by atoms with Gasteiger partial charge < -0.3 is 10.2 Å². The molecule has 2 rings (SSSR count). The third-order valence-corrected chi connectivity index (χ3v) is 3.22. The smallest absolute Gasteiger partial charge is 0.244 e. The first-order valence-electron chi connectivity index (χ1n) is 7.66. The molecule has 0 saturated heterocycles. The van der Waals surface area contributed by atoms with Gasteiger partial charge in [0.1, 0.15) is 5.82 Å². The predicted octanol–water partition coefficient (Wildman–Crippen LogP) is 3.25. The van der Waals surface area contributed by atoms with Gasteiger partial charge in [-0.3, -0.25) is 0 Å². The number of hydrogen-bond donors (Lipinski definition) is 1. The SMILES string of the molecule is CCCN(CCC)c1cnnc(NCc2ccc(F)cc2)n1. The molecule has 0 amide bonds. The van der Waals surface area contributed by atoms with E-state index in [0.717, 1.165) is 37.3 Å². The number of rotatable bonds is 8. The fourth-order valence-electron chi connectivity index (χ4n) is 2.19. The summed E-state index contributed by atoms with van der Waals surface area (Å²) < 4.78 is 12.9. The summed E-state index contributed by atoms with van der Waals surface area (Å²) in [5.41, 5.74) is 0.967. The van der Waals surface area contributed by atoms with E-state index in [-0.39, 0.29) is 5.82 Å². The molecule has 0 saturated carbocycles. The Hall–Kier alpha value is -2.24. The molecule has 0 unspecified atom stereocenters. The number of anilines is 2. The highest BCUT2D eigenvalue weighted by Crippen LogP contribution is 2.12. The Bertz CT molecular complexity index is 567. The van der Waals surface area contributed by atoms with Crippen molar-refractivity contribution in [1.29, 1.82) is 0 Å². The molecule has 6 heteroatoms. The molecule has 22 heavy (non-hydrogen) atoms. The number of benzene rings is 1. The van der Waals surface area contributed by atoms with E-state index in [1.165, 1.54) is 12.1 Å². The highest BCUT2D eigenvalue weighted by Gasteiger charge is 2.08. The van der Waals surface area contributed by atoms with Crippen molar-refractivity contribution in [3.8, 4) is 0 Å². The topological polar surface area (TPSA) is 53.9 Å². The van der Waals surface area contributed by atoms with Crippen molar-refractivity contribution in [1.82, 2.24) is 15.2 Å². The summed E-state index contributed by atoms with van der Waals surface area (Å²) in [6.07, 6.45) is 3.80. The van der Waals surface area contributed by atoms with Gasteiger partial charge in [0.25, 0.3) is 0 Å². The Balaban J connectivity index is 2.02. The standard InChI is InChI=1S/C16H22FN5/c1-3-9-22(10-4-2)15-12-19-21-16(20-15)18-11-13-5-7-14(17)8-6-13/h5-8,12H,3-4,9-11H2,1-2H3,(H,18,20,21). The van der Waals surface area contributed by atoms with Crippen molar-refractivity contribution in [3.63, 3.8) is 0 Å². The molecule has 0 bridgehead atoms. The van der Waals surface area contributed by atoms with E-state index in [2.05, 4.69) is 39.2 Å². The van der Waals surface area contributed by atoms with Gasteiger partial charge in [-0.1, -0.05) is 26.0 Å². The van der Waals surface area contributed by atoms with Crippen LogP contribution in [0.1, 0.15) is 32.3 Å². The molecule has 1 heterocycles. The van der Waals surface area contributed by atoms with E-state index in [0.29, 0.717) is 12.5 Å². The van der Waals surface area contributed by atoms with Crippen LogP contribution >= 0.6 is 0 Å². The van der Waals surface area contributed by atoms with E-state index in [1.54, 1.807) is 18.3 Å². The van der Waals surface area contributed by atoms with E-state index < -0.39 is 0 Å². The lowest BCUT2D eigenvalue weighted by atomic mass is 10.2. The maximum absolute atomic E-state index is 12.9. The Morgan fingerprint density at radius 2 is 1.77 bits per heavy atom. The molecule has 1 aromatic carbocycles. The van der Waals surface area contributed by atoms with Crippen LogP contribution in [-0.4, -0.2) is 28.3 Å². The first-order valence-corrected chi connectivity index (χ1v) is 7.66. The Kier molecular flexibility index (Phi) is 6.06. The van der Waals surface area contributed by atoms with Crippen molar-refractivity contribution >= 4 is 11.8 Å². The number of nitrogens with one attached hydrogen (secondary N) is 1. The molecule has 0 aliphatic rings. The van der Waals surface area contributed by atoms with Gasteiger partial charge in [-0.15, -0.1) is 5.10 Å². The third-order valence-electron chi connectivity index (χ3n) is 3.22. The predicted molar refractivity (Wildman–Crippen MR) is 86.3 cm³/mol. The molecule has 0 radical (unpaired) electrons. The summed E-state index contributed by atoms with van der Waals surface area (Å²) >= 11 is 0. The quantitative estimate of drug-likeness (QED) is 0.811. The number of aromatic nitrogens is 3. The van der Waals surface area contributed by atoms with Gasteiger partial charge in [0, 0.05) is 19.6 Å². The van der Waals surface area contributed by atoms with E-state index >= 15 is 0 Å². The van der Waals surface area contributed by atoms with Crippen molar-refractivity contribution in [2.75, 3.05) is 23.3 Å². The zero-order chi connectivity index (χ0) is 15.8. The minimum absolute atomic E-state index is 0.238. The lowest BCUT2D eigenvalue weighted by molar-refractivity contribution is 0.627. The first kappa shape index (κ1) is 16.1. The molecule has 0 spiro atoms. The molecule has 5 nitrogen and oxygen atoms in total. The van der Waals surface area contributed by atoms with Gasteiger partial charge in [0.2, 0.25) is 5.95 Å². The zero-order valence-electron chi connectivity index (χ0n) is 13.1. The third kappa shape index (κ3) is 4.65. The minimum atomic E-state index is -0.238. The molecular formula is C16H22FN5. The molecular weight excluding hydrogens is 281 g/mol. The molecule has 0 aliphatic carbocycles. The summed E-state index contributed by atoms with van der Waals surface area (Å²) in [6, 6.07) is 6.35. The van der Waals surface area contributed by atoms with Crippen LogP contribution in [0.2, 0.25) is 0 Å². The minimum Gasteiger partial charge on any atom is -0.355 e. The Labute approximate surface area is 130 Å². The number of nitrogens with zero attached hydrogens (tertiary/aromatic N) is 4. The van der Waals surface area contributed by atoms with Gasteiger partial charge in [0.15, 0.2) is 5.82 Å². The molecule has 0 aliphatic heterocycles. The van der Waals surface area contributed by atoms with Crippen LogP contribution < -0.4 is 10.2 Å². The van der Waals surface area contributed by atoms with Crippen LogP contribution in [0.3, 0.4) is 0 Å². The van der Waals surface area contributed by atoms with Crippen LogP contribution in [-0.2, 0) is 6.54 Å². The monoisotopic (exact) mass is 303 g/mol. The average molecular weight is 303 g/mol. The van der Waals surface area contributed by atoms with Crippen LogP contribution in [0.25, 0.3) is 0 Å². The second-order valence-electron chi connectivity index (χ2n) is 5.11. The summed E-state index contributed by atoms with van der Waals surface area (Å²) in [5, 5.41) is 11.1. The molecule has 0 fully saturated rings. The highest BCUT2D eigenvalue weighted by molar-refractivity contribution is 5.40. The molecule has 0 atom stereocenters. The maximum Gasteiger partial charge on any atom is 0.244 e. The van der Waals surface area contributed by atoms with Gasteiger partial charge in [-0.2, -0.15) is 10.1 Å². The molecule has 2 aromatic rings. The average Bonchev–Trinajstić information content (AvgIpc) is 2.54. The Morgan fingerprint density at radius 3 is 2.41 bits per heavy atom. The largest absolute Gasteiger partial charge is 0.355 e. The van der Waals surface area contributed by atoms with Gasteiger partial charge in [-0.05, 0) is 30.5 Å². The van der Waals surface area contributed by atoms with E-state index in [4.69, 9.17) is 0 Å². The lowest BCUT2D eigenvalue weighted by Gasteiger charge is -2.22. The fraction of sp³-hybridized carbons (Fsp3) is 0.438. The van der Waals surface area contributed by atoms with Crippen molar-refractivity contribution < 1.29 is 4.39 Å². The molecule has 118 valence electrons. The highest BCUT2D eigenvalue weighted by atomic mass is 19.1. The molecule has 1 N–H and O–H groups in total. The second kappa shape index (κ2) is 8.26. The van der Waals surface area contributed by atoms with Crippen LogP contribution in [0.15, 0.2) is 30.5 Å². The summed E-state index contributed by atoms with van der Waals surface area (Å²) in [5.74, 6) is 1.08. The van der Waals surface area contributed by atoms with Gasteiger partial charge >= 0.3 is 0 Å². The summed E-state index contributed by atoms with van der Waals surface area (Å²) in [4.78, 5) is 6.72. The second-order valence-corrected chi connectivity index (χ2v) is 5.11. The van der Waals surface area contributed by atoms with Crippen molar-refractivity contribution in [3.05, 3.63) is 41.8 Å². The summed E-state index contributed by atoms with van der Waals surface area (Å²) in [6.45, 7) is 6.72. The Morgan fingerprint density at radius 1 is 1.09 bits per heavy atom. The zero-order valence-corrected chi connectivity index (χ0v) is 13.1. The maximum atomic E-state index is 12.9. The number of halogens is 1. The lowest BCUT2D eigenvalue weighted by Crippen LogP contribution is -2.26. The van der Waals surface area contributed by atoms with E-state index in [1.807, 2.05) is 0 Å². The van der Waals surface area contributed by atoms with Gasteiger partial charge in [-0.25, -0.2) is 4.39 Å². The number of hydrogen-bond acceptors (Lipinski definition) is 5. The van der Waals surface area contributed by atoms with Crippen LogP contribution in [0.4, 0.5) is 16.2 Å². The first-order chi connectivity index (χ1) is 10.7.